The van der Waals surface area contributed by atoms with E-state index in [1.54, 1.807) is 4.90 Å². The lowest BCUT2D eigenvalue weighted by atomic mass is 10.1. The Bertz CT molecular complexity index is 507. The maximum atomic E-state index is 12.4. The number of alkyl halides is 1. The standard InChI is InChI=1S/C19H30ClNO3/c1-5-8-12-23-17-11-9-10-16(7-3)19(17)21(18(22)13-20)14-24-15(4)6-2/h9-11,15H,5-8,12-14H2,1-4H3. The zero-order valence-electron chi connectivity index (χ0n) is 15.3. The number of aryl methyl sites for hydroxylation is 1. The van der Waals surface area contributed by atoms with Gasteiger partial charge in [-0.15, -0.1) is 11.6 Å². The van der Waals surface area contributed by atoms with Gasteiger partial charge in [-0.2, -0.15) is 0 Å². The Labute approximate surface area is 151 Å². The Kier molecular flexibility index (Phi) is 9.80. The van der Waals surface area contributed by atoms with Crippen LogP contribution in [0.25, 0.3) is 0 Å². The summed E-state index contributed by atoms with van der Waals surface area (Å²) in [6.45, 7) is 9.04. The van der Waals surface area contributed by atoms with Crippen LogP contribution in [0.2, 0.25) is 0 Å². The van der Waals surface area contributed by atoms with Crippen molar-refractivity contribution in [1.82, 2.24) is 0 Å². The molecule has 0 fully saturated rings. The van der Waals surface area contributed by atoms with Crippen LogP contribution >= 0.6 is 11.6 Å². The fourth-order valence-electron chi connectivity index (χ4n) is 2.26. The number of benzene rings is 1. The number of unbranched alkanes of at least 4 members (excludes halogenated alkanes) is 1. The summed E-state index contributed by atoms with van der Waals surface area (Å²) in [6, 6.07) is 5.88. The molecule has 1 amide bonds. The van der Waals surface area contributed by atoms with E-state index in [1.807, 2.05) is 25.1 Å². The second kappa shape index (κ2) is 11.3. The molecule has 1 unspecified atom stereocenters. The van der Waals surface area contributed by atoms with Crippen LogP contribution in [0, 0.1) is 0 Å². The smallest absolute Gasteiger partial charge is 0.243 e. The first kappa shape index (κ1) is 20.8. The zero-order valence-corrected chi connectivity index (χ0v) is 16.1. The third-order valence-electron chi connectivity index (χ3n) is 3.97. The Morgan fingerprint density at radius 2 is 2.04 bits per heavy atom. The van der Waals surface area contributed by atoms with Crippen LogP contribution in [0.4, 0.5) is 5.69 Å². The highest BCUT2D eigenvalue weighted by atomic mass is 35.5. The molecule has 1 aromatic rings. The average molecular weight is 356 g/mol. The van der Waals surface area contributed by atoms with Crippen molar-refractivity contribution in [2.75, 3.05) is 24.1 Å². The van der Waals surface area contributed by atoms with Crippen molar-refractivity contribution in [3.8, 4) is 5.75 Å². The molecular formula is C19H30ClNO3. The van der Waals surface area contributed by atoms with Gasteiger partial charge in [0.05, 0.1) is 18.4 Å². The van der Waals surface area contributed by atoms with Crippen LogP contribution in [0.1, 0.15) is 52.5 Å². The summed E-state index contributed by atoms with van der Waals surface area (Å²) in [5.74, 6) is 0.450. The molecule has 0 N–H and O–H groups in total. The molecule has 0 bridgehead atoms. The minimum atomic E-state index is -0.179. The number of hydrogen-bond donors (Lipinski definition) is 0. The Morgan fingerprint density at radius 1 is 1.29 bits per heavy atom. The van der Waals surface area contributed by atoms with E-state index in [0.717, 1.165) is 36.9 Å². The van der Waals surface area contributed by atoms with Gasteiger partial charge in [0.1, 0.15) is 18.4 Å². The summed E-state index contributed by atoms with van der Waals surface area (Å²) >= 11 is 5.83. The summed E-state index contributed by atoms with van der Waals surface area (Å²) in [5.41, 5.74) is 1.83. The summed E-state index contributed by atoms with van der Waals surface area (Å²) < 4.78 is 11.7. The van der Waals surface area contributed by atoms with Crippen molar-refractivity contribution < 1.29 is 14.3 Å². The Morgan fingerprint density at radius 3 is 2.62 bits per heavy atom. The van der Waals surface area contributed by atoms with E-state index in [4.69, 9.17) is 21.1 Å². The molecule has 0 spiro atoms. The molecule has 0 heterocycles. The summed E-state index contributed by atoms with van der Waals surface area (Å²) in [7, 11) is 0. The van der Waals surface area contributed by atoms with Crippen LogP contribution in [-0.4, -0.2) is 31.2 Å². The number of para-hydroxylation sites is 1. The molecule has 0 aliphatic carbocycles. The van der Waals surface area contributed by atoms with Gasteiger partial charge in [0, 0.05) is 0 Å². The van der Waals surface area contributed by atoms with E-state index < -0.39 is 0 Å². The molecule has 1 atom stereocenters. The van der Waals surface area contributed by atoms with Gasteiger partial charge in [-0.1, -0.05) is 39.3 Å². The van der Waals surface area contributed by atoms with Crippen LogP contribution in [0.15, 0.2) is 18.2 Å². The van der Waals surface area contributed by atoms with E-state index in [0.29, 0.717) is 12.4 Å². The fourth-order valence-corrected chi connectivity index (χ4v) is 2.40. The largest absolute Gasteiger partial charge is 0.491 e. The number of rotatable bonds is 11. The SMILES string of the molecule is CCCCOc1cccc(CC)c1N(COC(C)CC)C(=O)CCl. The van der Waals surface area contributed by atoms with Gasteiger partial charge in [-0.05, 0) is 37.8 Å². The second-order valence-corrected chi connectivity index (χ2v) is 6.06. The minimum absolute atomic E-state index is 0.0777. The van der Waals surface area contributed by atoms with Crippen LogP contribution < -0.4 is 9.64 Å². The predicted octanol–water partition coefficient (Wildman–Crippen LogP) is 4.77. The molecule has 136 valence electrons. The molecular weight excluding hydrogens is 326 g/mol. The topological polar surface area (TPSA) is 38.8 Å². The molecule has 0 saturated carbocycles. The quantitative estimate of drug-likeness (QED) is 0.326. The van der Waals surface area contributed by atoms with Crippen molar-refractivity contribution >= 4 is 23.2 Å². The van der Waals surface area contributed by atoms with E-state index in [2.05, 4.69) is 20.8 Å². The molecule has 1 aromatic carbocycles. The first-order chi connectivity index (χ1) is 11.6. The molecule has 0 aliphatic rings. The highest BCUT2D eigenvalue weighted by Crippen LogP contribution is 2.33. The number of carbonyl (C=O) groups excluding carboxylic acids is 1. The normalized spacial score (nSPS) is 12.0. The maximum Gasteiger partial charge on any atom is 0.243 e. The number of anilines is 1. The highest BCUT2D eigenvalue weighted by molar-refractivity contribution is 6.29. The number of hydrogen-bond acceptors (Lipinski definition) is 3. The third kappa shape index (κ3) is 5.99. The van der Waals surface area contributed by atoms with Gasteiger partial charge in [0.15, 0.2) is 0 Å². The highest BCUT2D eigenvalue weighted by Gasteiger charge is 2.22. The molecule has 0 aromatic heterocycles. The summed E-state index contributed by atoms with van der Waals surface area (Å²) in [6.07, 6.45) is 3.80. The molecule has 1 rings (SSSR count). The predicted molar refractivity (Wildman–Crippen MR) is 100 cm³/mol. The van der Waals surface area contributed by atoms with E-state index in [-0.39, 0.29) is 24.6 Å². The molecule has 24 heavy (non-hydrogen) atoms. The summed E-state index contributed by atoms with van der Waals surface area (Å²) in [5, 5.41) is 0. The lowest BCUT2D eigenvalue weighted by molar-refractivity contribution is -0.117. The fraction of sp³-hybridized carbons (Fsp3) is 0.632. The van der Waals surface area contributed by atoms with Gasteiger partial charge in [-0.25, -0.2) is 0 Å². The number of carbonyl (C=O) groups is 1. The number of nitrogens with zero attached hydrogens (tertiary/aromatic N) is 1. The Balaban J connectivity index is 3.14. The summed E-state index contributed by atoms with van der Waals surface area (Å²) in [4.78, 5) is 14.0. The monoisotopic (exact) mass is 355 g/mol. The van der Waals surface area contributed by atoms with Crippen molar-refractivity contribution in [2.24, 2.45) is 0 Å². The van der Waals surface area contributed by atoms with Crippen molar-refractivity contribution in [3.05, 3.63) is 23.8 Å². The van der Waals surface area contributed by atoms with E-state index in [1.165, 1.54) is 0 Å². The number of ether oxygens (including phenoxy) is 2. The maximum absolute atomic E-state index is 12.4. The Hall–Kier alpha value is -1.26. The molecule has 0 aliphatic heterocycles. The molecule has 0 saturated heterocycles. The first-order valence-electron chi connectivity index (χ1n) is 8.81. The van der Waals surface area contributed by atoms with Crippen LogP contribution in [-0.2, 0) is 16.0 Å². The van der Waals surface area contributed by atoms with Crippen molar-refractivity contribution in [3.63, 3.8) is 0 Å². The molecule has 4 nitrogen and oxygen atoms in total. The van der Waals surface area contributed by atoms with Crippen LogP contribution in [0.5, 0.6) is 5.75 Å². The lowest BCUT2D eigenvalue weighted by Crippen LogP contribution is -2.36. The van der Waals surface area contributed by atoms with E-state index >= 15 is 0 Å². The lowest BCUT2D eigenvalue weighted by Gasteiger charge is -2.27. The molecule has 0 radical (unpaired) electrons. The minimum Gasteiger partial charge on any atom is -0.491 e. The average Bonchev–Trinajstić information content (AvgIpc) is 2.62. The van der Waals surface area contributed by atoms with Crippen LogP contribution in [0.3, 0.4) is 0 Å². The van der Waals surface area contributed by atoms with Crippen molar-refractivity contribution in [1.29, 1.82) is 0 Å². The second-order valence-electron chi connectivity index (χ2n) is 5.79. The van der Waals surface area contributed by atoms with Gasteiger partial charge < -0.3 is 9.47 Å². The first-order valence-corrected chi connectivity index (χ1v) is 9.34. The van der Waals surface area contributed by atoms with Gasteiger partial charge in [0.25, 0.3) is 0 Å². The van der Waals surface area contributed by atoms with Gasteiger partial charge in [-0.3, -0.25) is 9.69 Å². The zero-order chi connectivity index (χ0) is 17.9. The third-order valence-corrected chi connectivity index (χ3v) is 4.20. The van der Waals surface area contributed by atoms with Crippen molar-refractivity contribution in [2.45, 2.75) is 59.5 Å². The van der Waals surface area contributed by atoms with E-state index in [9.17, 15) is 4.79 Å². The van der Waals surface area contributed by atoms with Gasteiger partial charge >= 0.3 is 0 Å². The van der Waals surface area contributed by atoms with Gasteiger partial charge in [0.2, 0.25) is 5.91 Å². The number of amides is 1. The molecule has 5 heteroatoms. The number of halogens is 1.